The highest BCUT2D eigenvalue weighted by molar-refractivity contribution is 6.30. The van der Waals surface area contributed by atoms with Crippen molar-refractivity contribution in [3.63, 3.8) is 0 Å². The third kappa shape index (κ3) is 3.64. The Morgan fingerprint density at radius 1 is 1.16 bits per heavy atom. The van der Waals surface area contributed by atoms with Crippen LogP contribution in [0, 0.1) is 0 Å². The van der Waals surface area contributed by atoms with E-state index in [4.69, 9.17) is 16.3 Å². The van der Waals surface area contributed by atoms with Gasteiger partial charge in [-0.1, -0.05) is 48.0 Å². The van der Waals surface area contributed by atoms with Gasteiger partial charge in [-0.2, -0.15) is 0 Å². The highest BCUT2D eigenvalue weighted by Crippen LogP contribution is 2.38. The topological polar surface area (TPSA) is 38.3 Å². The number of piperidine rings is 1. The van der Waals surface area contributed by atoms with Crippen LogP contribution in [-0.4, -0.2) is 25.0 Å². The summed E-state index contributed by atoms with van der Waals surface area (Å²) >= 11 is 5.98. The molecule has 3 aliphatic rings. The van der Waals surface area contributed by atoms with E-state index in [0.717, 1.165) is 30.7 Å². The summed E-state index contributed by atoms with van der Waals surface area (Å²) in [5.41, 5.74) is 3.04. The van der Waals surface area contributed by atoms with Crippen LogP contribution in [0.3, 0.4) is 0 Å². The molecule has 2 bridgehead atoms. The zero-order chi connectivity index (χ0) is 17.3. The molecule has 0 radical (unpaired) electrons. The molecule has 2 aromatic carbocycles. The number of halogens is 1. The molecule has 3 aliphatic heterocycles. The lowest BCUT2D eigenvalue weighted by Crippen LogP contribution is -2.57. The molecule has 1 N–H and O–H groups in total. The normalized spacial score (nSPS) is 25.1. The predicted molar refractivity (Wildman–Crippen MR) is 99.0 cm³/mol. The van der Waals surface area contributed by atoms with Crippen molar-refractivity contribution in [1.29, 1.82) is 0 Å². The standard InChI is InChI=1S/C21H22ClNO2/c22-18-3-1-2-16(10-18)12-20(24)11-15-4-6-17(7-5-15)21-9-8-19(13-25-21)23-14-21/h1-7,10,19,23H,8-9,11-14H2. The fourth-order valence-electron chi connectivity index (χ4n) is 3.85. The van der Waals surface area contributed by atoms with E-state index >= 15 is 0 Å². The molecule has 0 aromatic heterocycles. The van der Waals surface area contributed by atoms with Crippen LogP contribution in [0.15, 0.2) is 48.5 Å². The number of morpholine rings is 1. The Bertz CT molecular complexity index is 750. The Hall–Kier alpha value is -1.68. The largest absolute Gasteiger partial charge is 0.367 e. The number of hydrogen-bond donors (Lipinski definition) is 1. The average molecular weight is 356 g/mol. The molecule has 4 heteroatoms. The zero-order valence-corrected chi connectivity index (χ0v) is 14.9. The summed E-state index contributed by atoms with van der Waals surface area (Å²) in [6.07, 6.45) is 3.10. The lowest BCUT2D eigenvalue weighted by atomic mass is 9.81. The minimum Gasteiger partial charge on any atom is -0.367 e. The van der Waals surface area contributed by atoms with Gasteiger partial charge in [0.2, 0.25) is 0 Å². The van der Waals surface area contributed by atoms with Crippen LogP contribution >= 0.6 is 11.6 Å². The van der Waals surface area contributed by atoms with E-state index in [1.165, 1.54) is 12.0 Å². The van der Waals surface area contributed by atoms with Gasteiger partial charge in [-0.15, -0.1) is 0 Å². The van der Waals surface area contributed by atoms with Crippen molar-refractivity contribution in [2.75, 3.05) is 13.2 Å². The lowest BCUT2D eigenvalue weighted by molar-refractivity contribution is -0.129. The second kappa shape index (κ2) is 6.91. The molecule has 2 unspecified atom stereocenters. The van der Waals surface area contributed by atoms with E-state index in [2.05, 4.69) is 29.6 Å². The summed E-state index contributed by atoms with van der Waals surface area (Å²) < 4.78 is 6.12. The number of carbonyl (C=O) groups excluding carboxylic acids is 1. The molecule has 130 valence electrons. The van der Waals surface area contributed by atoms with Crippen LogP contribution < -0.4 is 5.32 Å². The summed E-state index contributed by atoms with van der Waals surface area (Å²) in [7, 11) is 0. The molecule has 2 aromatic rings. The molecule has 0 spiro atoms. The minimum absolute atomic E-state index is 0.182. The van der Waals surface area contributed by atoms with E-state index in [1.54, 1.807) is 0 Å². The van der Waals surface area contributed by atoms with Crippen LogP contribution in [0.25, 0.3) is 0 Å². The third-order valence-electron chi connectivity index (χ3n) is 5.31. The van der Waals surface area contributed by atoms with Crippen LogP contribution in [0.1, 0.15) is 29.5 Å². The number of carbonyl (C=O) groups is 1. The Morgan fingerprint density at radius 3 is 2.60 bits per heavy atom. The summed E-state index contributed by atoms with van der Waals surface area (Å²) in [5, 5.41) is 4.22. The summed E-state index contributed by atoms with van der Waals surface area (Å²) in [5.74, 6) is 0.198. The van der Waals surface area contributed by atoms with Gasteiger partial charge in [0.05, 0.1) is 6.61 Å². The second-order valence-corrected chi connectivity index (χ2v) is 7.58. The zero-order valence-electron chi connectivity index (χ0n) is 14.1. The van der Waals surface area contributed by atoms with Gasteiger partial charge in [0, 0.05) is 30.5 Å². The first kappa shape index (κ1) is 16.8. The maximum Gasteiger partial charge on any atom is 0.141 e. The van der Waals surface area contributed by atoms with Gasteiger partial charge >= 0.3 is 0 Å². The van der Waals surface area contributed by atoms with Gasteiger partial charge in [0.25, 0.3) is 0 Å². The Balaban J connectivity index is 1.41. The van der Waals surface area contributed by atoms with E-state index < -0.39 is 0 Å². The minimum atomic E-state index is -0.182. The van der Waals surface area contributed by atoms with Gasteiger partial charge in [0.15, 0.2) is 0 Å². The number of ketones is 1. The van der Waals surface area contributed by atoms with Crippen LogP contribution in [0.4, 0.5) is 0 Å². The molecule has 0 amide bonds. The van der Waals surface area contributed by atoms with Gasteiger partial charge in [0.1, 0.15) is 11.4 Å². The molecular weight excluding hydrogens is 334 g/mol. The number of benzene rings is 2. The number of fused-ring (bicyclic) bond motifs is 3. The molecule has 3 heterocycles. The molecular formula is C21H22ClNO2. The van der Waals surface area contributed by atoms with Crippen LogP contribution in [0.2, 0.25) is 5.02 Å². The molecule has 3 saturated heterocycles. The first-order valence-corrected chi connectivity index (χ1v) is 9.24. The highest BCUT2D eigenvalue weighted by atomic mass is 35.5. The van der Waals surface area contributed by atoms with E-state index in [1.807, 2.05) is 24.3 Å². The fourth-order valence-corrected chi connectivity index (χ4v) is 4.07. The first-order chi connectivity index (χ1) is 12.1. The van der Waals surface area contributed by atoms with Crippen molar-refractivity contribution >= 4 is 17.4 Å². The Kier molecular flexibility index (Phi) is 4.63. The maximum atomic E-state index is 12.3. The van der Waals surface area contributed by atoms with Crippen molar-refractivity contribution in [3.8, 4) is 0 Å². The van der Waals surface area contributed by atoms with Crippen LogP contribution in [-0.2, 0) is 28.0 Å². The average Bonchev–Trinajstić information content (AvgIpc) is 2.64. The van der Waals surface area contributed by atoms with Crippen LogP contribution in [0.5, 0.6) is 0 Å². The molecule has 0 aliphatic carbocycles. The number of Topliss-reactive ketones (excluding diaryl/α,β-unsaturated/α-hetero) is 1. The number of hydrogen-bond acceptors (Lipinski definition) is 3. The Morgan fingerprint density at radius 2 is 1.96 bits per heavy atom. The maximum absolute atomic E-state index is 12.3. The SMILES string of the molecule is O=C(Cc1ccc(C23CCC(CO2)NC3)cc1)Cc1cccc(Cl)c1. The monoisotopic (exact) mass is 355 g/mol. The predicted octanol–water partition coefficient (Wildman–Crippen LogP) is 3.67. The van der Waals surface area contributed by atoms with Crippen molar-refractivity contribution in [2.45, 2.75) is 37.3 Å². The number of rotatable bonds is 5. The Labute approximate surface area is 153 Å². The van der Waals surface area contributed by atoms with Gasteiger partial charge < -0.3 is 10.1 Å². The summed E-state index contributed by atoms with van der Waals surface area (Å²) in [4.78, 5) is 12.3. The first-order valence-electron chi connectivity index (χ1n) is 8.86. The molecule has 3 fully saturated rings. The van der Waals surface area contributed by atoms with Crippen molar-refractivity contribution in [2.24, 2.45) is 0 Å². The molecule has 2 atom stereocenters. The van der Waals surface area contributed by atoms with Gasteiger partial charge in [-0.05, 0) is 41.7 Å². The fraction of sp³-hybridized carbons (Fsp3) is 0.381. The van der Waals surface area contributed by atoms with E-state index in [0.29, 0.717) is 23.9 Å². The summed E-state index contributed by atoms with van der Waals surface area (Å²) in [6, 6.07) is 16.4. The molecule has 25 heavy (non-hydrogen) atoms. The quantitative estimate of drug-likeness (QED) is 0.889. The van der Waals surface area contributed by atoms with E-state index in [9.17, 15) is 4.79 Å². The van der Waals surface area contributed by atoms with Crippen molar-refractivity contribution in [1.82, 2.24) is 5.32 Å². The number of nitrogens with one attached hydrogen (secondary N) is 1. The van der Waals surface area contributed by atoms with Crippen molar-refractivity contribution in [3.05, 3.63) is 70.2 Å². The highest BCUT2D eigenvalue weighted by Gasteiger charge is 2.42. The molecule has 5 rings (SSSR count). The lowest BCUT2D eigenvalue weighted by Gasteiger charge is -2.47. The molecule has 0 saturated carbocycles. The second-order valence-electron chi connectivity index (χ2n) is 7.14. The molecule has 3 nitrogen and oxygen atoms in total. The number of ether oxygens (including phenoxy) is 1. The third-order valence-corrected chi connectivity index (χ3v) is 5.54. The van der Waals surface area contributed by atoms with E-state index in [-0.39, 0.29) is 11.4 Å². The van der Waals surface area contributed by atoms with Gasteiger partial charge in [-0.3, -0.25) is 4.79 Å². The smallest absolute Gasteiger partial charge is 0.141 e. The van der Waals surface area contributed by atoms with Gasteiger partial charge in [-0.25, -0.2) is 0 Å². The summed E-state index contributed by atoms with van der Waals surface area (Å²) in [6.45, 7) is 1.67. The van der Waals surface area contributed by atoms with Crippen molar-refractivity contribution < 1.29 is 9.53 Å².